The molecule has 1 aromatic rings. The van der Waals surface area contributed by atoms with Gasteiger partial charge in [-0.1, -0.05) is 25.8 Å². The summed E-state index contributed by atoms with van der Waals surface area (Å²) in [6, 6.07) is 5.73. The van der Waals surface area contributed by atoms with Crippen molar-refractivity contribution in [2.75, 3.05) is 26.8 Å². The van der Waals surface area contributed by atoms with Crippen LogP contribution in [0.25, 0.3) is 6.08 Å². The number of amides is 1. The minimum absolute atomic E-state index is 0.124. The summed E-state index contributed by atoms with van der Waals surface area (Å²) in [6.45, 7) is 8.41. The number of carbonyl (C=O) groups is 1. The van der Waals surface area contributed by atoms with Gasteiger partial charge in [-0.15, -0.1) is 0 Å². The van der Waals surface area contributed by atoms with Crippen LogP contribution in [0.1, 0.15) is 45.6 Å². The molecule has 0 radical (unpaired) electrons. The van der Waals surface area contributed by atoms with Crippen molar-refractivity contribution in [2.24, 2.45) is 4.99 Å². The second kappa shape index (κ2) is 10.2. The lowest BCUT2D eigenvalue weighted by molar-refractivity contribution is -0.113. The number of methoxy groups -OCH3 is 1. The molecule has 6 nitrogen and oxygen atoms in total. The minimum Gasteiger partial charge on any atom is -0.493 e. The number of rotatable bonds is 7. The number of morpholine rings is 1. The first kappa shape index (κ1) is 21.7. The smallest absolute Gasteiger partial charge is 0.286 e. The Hall–Kier alpha value is -1.99. The van der Waals surface area contributed by atoms with E-state index in [2.05, 4.69) is 16.8 Å². The number of aliphatic imine (C=N–C) groups is 1. The first-order chi connectivity index (χ1) is 14.0. The van der Waals surface area contributed by atoms with Crippen LogP contribution in [0.3, 0.4) is 0 Å². The maximum absolute atomic E-state index is 12.4. The summed E-state index contributed by atoms with van der Waals surface area (Å²) in [7, 11) is 1.63. The first-order valence-electron chi connectivity index (χ1n) is 10.2. The zero-order valence-electron chi connectivity index (χ0n) is 17.6. The van der Waals surface area contributed by atoms with E-state index >= 15 is 0 Å². The van der Waals surface area contributed by atoms with Gasteiger partial charge in [0.1, 0.15) is 0 Å². The van der Waals surface area contributed by atoms with Crippen LogP contribution in [0.2, 0.25) is 0 Å². The van der Waals surface area contributed by atoms with Crippen LogP contribution < -0.4 is 9.47 Å². The molecule has 0 unspecified atom stereocenters. The van der Waals surface area contributed by atoms with Crippen molar-refractivity contribution >= 4 is 28.9 Å². The Balaban J connectivity index is 1.68. The molecule has 0 spiro atoms. The van der Waals surface area contributed by atoms with Crippen LogP contribution in [0, 0.1) is 0 Å². The number of nitrogens with zero attached hydrogens (tertiary/aromatic N) is 2. The highest BCUT2D eigenvalue weighted by molar-refractivity contribution is 8.18. The van der Waals surface area contributed by atoms with E-state index in [1.165, 1.54) is 11.8 Å². The predicted octanol–water partition coefficient (Wildman–Crippen LogP) is 4.34. The van der Waals surface area contributed by atoms with Crippen molar-refractivity contribution in [3.05, 3.63) is 28.7 Å². The molecule has 1 saturated heterocycles. The minimum atomic E-state index is -0.198. The third-order valence-corrected chi connectivity index (χ3v) is 5.83. The maximum Gasteiger partial charge on any atom is 0.286 e. The van der Waals surface area contributed by atoms with Crippen molar-refractivity contribution in [2.45, 2.75) is 52.2 Å². The molecule has 0 aliphatic carbocycles. The van der Waals surface area contributed by atoms with Gasteiger partial charge in [-0.25, -0.2) is 0 Å². The van der Waals surface area contributed by atoms with Gasteiger partial charge in [0.25, 0.3) is 5.91 Å². The molecule has 1 amide bonds. The van der Waals surface area contributed by atoms with E-state index in [0.29, 0.717) is 17.3 Å². The molecule has 0 saturated carbocycles. The van der Waals surface area contributed by atoms with Crippen molar-refractivity contribution in [3.8, 4) is 11.5 Å². The zero-order valence-corrected chi connectivity index (χ0v) is 18.5. The molecule has 0 bridgehead atoms. The number of thioether (sulfide) groups is 1. The second-order valence-corrected chi connectivity index (χ2v) is 8.45. The van der Waals surface area contributed by atoms with Crippen molar-refractivity contribution in [3.63, 3.8) is 0 Å². The number of ether oxygens (including phenoxy) is 3. The standard InChI is InChI=1S/C22H30N2O4S/c1-5-6-7-10-27-18-9-8-17(11-19(18)26-4)12-20-21(25)23-22(29-20)24-13-15(2)28-16(3)14-24/h8-9,11-12,15-16H,5-7,10,13-14H2,1-4H3/b20-12+/t15-,16-/m1/s1. The zero-order chi connectivity index (χ0) is 20.8. The van der Waals surface area contributed by atoms with Crippen LogP contribution in [-0.2, 0) is 9.53 Å². The topological polar surface area (TPSA) is 60.4 Å². The summed E-state index contributed by atoms with van der Waals surface area (Å²) >= 11 is 1.42. The summed E-state index contributed by atoms with van der Waals surface area (Å²) in [4.78, 5) is 19.4. The Morgan fingerprint density at radius 1 is 1.24 bits per heavy atom. The molecule has 0 aromatic heterocycles. The lowest BCUT2D eigenvalue weighted by Crippen LogP contribution is -2.47. The third-order valence-electron chi connectivity index (χ3n) is 4.79. The largest absolute Gasteiger partial charge is 0.493 e. The number of hydrogen-bond donors (Lipinski definition) is 0. The Morgan fingerprint density at radius 2 is 2.00 bits per heavy atom. The third kappa shape index (κ3) is 5.76. The van der Waals surface area contributed by atoms with Gasteiger partial charge < -0.3 is 19.1 Å². The fourth-order valence-electron chi connectivity index (χ4n) is 3.45. The molecule has 2 atom stereocenters. The van der Waals surface area contributed by atoms with E-state index in [1.54, 1.807) is 7.11 Å². The summed E-state index contributed by atoms with van der Waals surface area (Å²) < 4.78 is 17.1. The molecule has 158 valence electrons. The lowest BCUT2D eigenvalue weighted by atomic mass is 10.2. The van der Waals surface area contributed by atoms with E-state index < -0.39 is 0 Å². The lowest BCUT2D eigenvalue weighted by Gasteiger charge is -2.35. The highest BCUT2D eigenvalue weighted by Crippen LogP contribution is 2.34. The highest BCUT2D eigenvalue weighted by Gasteiger charge is 2.31. The highest BCUT2D eigenvalue weighted by atomic mass is 32.2. The van der Waals surface area contributed by atoms with Gasteiger partial charge >= 0.3 is 0 Å². The Labute approximate surface area is 177 Å². The van der Waals surface area contributed by atoms with Gasteiger partial charge in [0, 0.05) is 13.1 Å². The van der Waals surface area contributed by atoms with Crippen LogP contribution >= 0.6 is 11.8 Å². The van der Waals surface area contributed by atoms with Crippen LogP contribution in [-0.4, -0.2) is 55.0 Å². The van der Waals surface area contributed by atoms with E-state index in [0.717, 1.165) is 48.8 Å². The number of amidine groups is 1. The monoisotopic (exact) mass is 418 g/mol. The van der Waals surface area contributed by atoms with Crippen molar-refractivity contribution < 1.29 is 19.0 Å². The van der Waals surface area contributed by atoms with E-state index in [9.17, 15) is 4.79 Å². The van der Waals surface area contributed by atoms with Gasteiger partial charge in [0.05, 0.1) is 30.8 Å². The van der Waals surface area contributed by atoms with E-state index in [4.69, 9.17) is 14.2 Å². The molecule has 29 heavy (non-hydrogen) atoms. The van der Waals surface area contributed by atoms with Gasteiger partial charge in [-0.2, -0.15) is 4.99 Å². The Kier molecular flexibility index (Phi) is 7.61. The van der Waals surface area contributed by atoms with Crippen LogP contribution in [0.5, 0.6) is 11.5 Å². The van der Waals surface area contributed by atoms with Crippen LogP contribution in [0.4, 0.5) is 0 Å². The van der Waals surface area contributed by atoms with E-state index in [-0.39, 0.29) is 18.1 Å². The number of unbranched alkanes of at least 4 members (excludes halogenated alkanes) is 2. The van der Waals surface area contributed by atoms with E-state index in [1.807, 2.05) is 38.1 Å². The van der Waals surface area contributed by atoms with Gasteiger partial charge in [0.2, 0.25) is 0 Å². The predicted molar refractivity (Wildman–Crippen MR) is 118 cm³/mol. The van der Waals surface area contributed by atoms with Gasteiger partial charge in [0.15, 0.2) is 16.7 Å². The molecule has 1 aromatic carbocycles. The molecule has 2 aliphatic rings. The molecule has 3 rings (SSSR count). The SMILES string of the molecule is CCCCCOc1ccc(/C=C2/SC(N3C[C@@H](C)O[C@H](C)C3)=NC2=O)cc1OC. The number of hydrogen-bond acceptors (Lipinski definition) is 6. The maximum atomic E-state index is 12.4. The molecular weight excluding hydrogens is 388 g/mol. The molecule has 2 heterocycles. The summed E-state index contributed by atoms with van der Waals surface area (Å²) in [5, 5.41) is 0.756. The molecule has 2 aliphatic heterocycles. The fraction of sp³-hybridized carbons (Fsp3) is 0.545. The normalized spacial score (nSPS) is 23.4. The molecule has 0 N–H and O–H groups in total. The Morgan fingerprint density at radius 3 is 2.69 bits per heavy atom. The van der Waals surface area contributed by atoms with Crippen LogP contribution in [0.15, 0.2) is 28.1 Å². The Bertz CT molecular complexity index is 783. The summed E-state index contributed by atoms with van der Waals surface area (Å²) in [5.74, 6) is 1.20. The summed E-state index contributed by atoms with van der Waals surface area (Å²) in [5.41, 5.74) is 0.888. The fourth-order valence-corrected chi connectivity index (χ4v) is 4.38. The molecule has 1 fully saturated rings. The molecular formula is C22H30N2O4S. The number of carbonyl (C=O) groups excluding carboxylic acids is 1. The first-order valence-corrected chi connectivity index (χ1v) is 11.1. The quantitative estimate of drug-likeness (QED) is 0.485. The molecule has 7 heteroatoms. The van der Waals surface area contributed by atoms with Crippen molar-refractivity contribution in [1.29, 1.82) is 0 Å². The van der Waals surface area contributed by atoms with Crippen molar-refractivity contribution in [1.82, 2.24) is 4.90 Å². The average molecular weight is 419 g/mol. The second-order valence-electron chi connectivity index (χ2n) is 7.44. The number of benzene rings is 1. The summed E-state index contributed by atoms with van der Waals surface area (Å²) in [6.07, 6.45) is 5.44. The van der Waals surface area contributed by atoms with Gasteiger partial charge in [-0.3, -0.25) is 4.79 Å². The van der Waals surface area contributed by atoms with Gasteiger partial charge in [-0.05, 0) is 55.8 Å². The average Bonchev–Trinajstić information content (AvgIpc) is 3.05.